The summed E-state index contributed by atoms with van der Waals surface area (Å²) in [4.78, 5) is 23.9. The summed E-state index contributed by atoms with van der Waals surface area (Å²) in [5, 5.41) is 12.2. The van der Waals surface area contributed by atoms with E-state index in [1.54, 1.807) is 11.8 Å². The number of benzene rings is 1. The molecular formula is C15H17NO4S. The number of amides is 1. The van der Waals surface area contributed by atoms with Crippen LogP contribution in [0.15, 0.2) is 24.3 Å². The van der Waals surface area contributed by atoms with Crippen LogP contribution in [0.4, 0.5) is 0 Å². The Morgan fingerprint density at radius 1 is 1.38 bits per heavy atom. The number of aliphatic carboxylic acids is 1. The predicted octanol–water partition coefficient (Wildman–Crippen LogP) is 1.31. The van der Waals surface area contributed by atoms with E-state index in [4.69, 9.17) is 4.74 Å². The monoisotopic (exact) mass is 307 g/mol. The number of carboxylic acid groups (broad SMARTS) is 1. The Labute approximate surface area is 127 Å². The van der Waals surface area contributed by atoms with E-state index in [1.807, 2.05) is 24.3 Å². The predicted molar refractivity (Wildman–Crippen MR) is 79.6 cm³/mol. The summed E-state index contributed by atoms with van der Waals surface area (Å²) in [5.41, 5.74) is -0.118. The molecule has 0 radical (unpaired) electrons. The van der Waals surface area contributed by atoms with E-state index in [9.17, 15) is 14.7 Å². The summed E-state index contributed by atoms with van der Waals surface area (Å²) >= 11 is 1.56. The zero-order valence-corrected chi connectivity index (χ0v) is 12.3. The first kappa shape index (κ1) is 14.3. The molecule has 3 rings (SSSR count). The minimum atomic E-state index is -1.11. The van der Waals surface area contributed by atoms with Crippen molar-refractivity contribution in [3.8, 4) is 5.75 Å². The fourth-order valence-corrected chi connectivity index (χ4v) is 4.05. The Kier molecular flexibility index (Phi) is 3.80. The van der Waals surface area contributed by atoms with Crippen molar-refractivity contribution in [2.75, 3.05) is 18.1 Å². The van der Waals surface area contributed by atoms with Gasteiger partial charge in [-0.3, -0.25) is 4.79 Å². The van der Waals surface area contributed by atoms with E-state index < -0.39 is 11.5 Å². The van der Waals surface area contributed by atoms with Crippen LogP contribution >= 0.6 is 11.8 Å². The molecule has 2 atom stereocenters. The van der Waals surface area contributed by atoms with Crippen LogP contribution in [-0.2, 0) is 16.0 Å². The maximum absolute atomic E-state index is 12.4. The fraction of sp³-hybridized carbons (Fsp3) is 0.467. The van der Waals surface area contributed by atoms with Crippen LogP contribution in [0.3, 0.4) is 0 Å². The molecule has 1 amide bonds. The third-order valence-electron chi connectivity index (χ3n) is 4.04. The van der Waals surface area contributed by atoms with Crippen LogP contribution in [0, 0.1) is 5.92 Å². The molecule has 0 saturated carbocycles. The molecule has 0 aromatic heterocycles. The first-order valence-corrected chi connectivity index (χ1v) is 8.10. The molecule has 21 heavy (non-hydrogen) atoms. The molecule has 2 aliphatic heterocycles. The lowest BCUT2D eigenvalue weighted by Crippen LogP contribution is -2.57. The van der Waals surface area contributed by atoms with Gasteiger partial charge in [0.05, 0.1) is 5.92 Å². The highest BCUT2D eigenvalue weighted by atomic mass is 32.2. The molecule has 0 spiro atoms. The van der Waals surface area contributed by atoms with E-state index in [0.717, 1.165) is 17.1 Å². The average molecular weight is 307 g/mol. The summed E-state index contributed by atoms with van der Waals surface area (Å²) < 4.78 is 5.60. The van der Waals surface area contributed by atoms with Crippen LogP contribution in [0.25, 0.3) is 0 Å². The van der Waals surface area contributed by atoms with Gasteiger partial charge < -0.3 is 15.2 Å². The molecule has 0 unspecified atom stereocenters. The molecule has 1 aromatic rings. The van der Waals surface area contributed by atoms with Crippen LogP contribution in [-0.4, -0.2) is 40.6 Å². The van der Waals surface area contributed by atoms with E-state index in [2.05, 4.69) is 5.32 Å². The molecule has 1 fully saturated rings. The molecule has 0 aliphatic carbocycles. The van der Waals surface area contributed by atoms with E-state index >= 15 is 0 Å². The number of rotatable bonds is 3. The summed E-state index contributed by atoms with van der Waals surface area (Å²) in [6.45, 7) is 0.297. The normalized spacial score (nSPS) is 27.5. The molecule has 1 saturated heterocycles. The molecule has 1 aromatic carbocycles. The number of nitrogens with one attached hydrogen (secondary N) is 1. The summed E-state index contributed by atoms with van der Waals surface area (Å²) in [6, 6.07) is 7.63. The van der Waals surface area contributed by atoms with Gasteiger partial charge in [0, 0.05) is 5.75 Å². The fourth-order valence-electron chi connectivity index (χ4n) is 2.72. The number of para-hydroxylation sites is 1. The summed E-state index contributed by atoms with van der Waals surface area (Å²) in [5.74, 6) is 0.495. The number of thioether (sulfide) groups is 1. The lowest BCUT2D eigenvalue weighted by molar-refractivity contribution is -0.147. The smallest absolute Gasteiger partial charge is 0.330 e. The van der Waals surface area contributed by atoms with Gasteiger partial charge in [0.25, 0.3) is 0 Å². The highest BCUT2D eigenvalue weighted by Gasteiger charge is 2.44. The number of ether oxygens (including phenoxy) is 1. The van der Waals surface area contributed by atoms with Crippen LogP contribution in [0.1, 0.15) is 12.0 Å². The SMILES string of the molecule is O=C(N[C@]1(C(=O)O)CCSC1)[C@@H]1COc2ccccc2C1. The largest absolute Gasteiger partial charge is 0.492 e. The van der Waals surface area contributed by atoms with Gasteiger partial charge in [0.2, 0.25) is 5.91 Å². The van der Waals surface area contributed by atoms with Gasteiger partial charge in [-0.05, 0) is 30.2 Å². The zero-order chi connectivity index (χ0) is 14.9. The Morgan fingerprint density at radius 3 is 2.90 bits per heavy atom. The first-order chi connectivity index (χ1) is 10.1. The molecule has 2 N–H and O–H groups in total. The quantitative estimate of drug-likeness (QED) is 0.881. The minimum Gasteiger partial charge on any atom is -0.492 e. The average Bonchev–Trinajstić information content (AvgIpc) is 2.96. The van der Waals surface area contributed by atoms with Crippen molar-refractivity contribution < 1.29 is 19.4 Å². The van der Waals surface area contributed by atoms with E-state index in [0.29, 0.717) is 25.2 Å². The van der Waals surface area contributed by atoms with Gasteiger partial charge in [0.1, 0.15) is 17.9 Å². The first-order valence-electron chi connectivity index (χ1n) is 6.95. The summed E-state index contributed by atoms with van der Waals surface area (Å²) in [7, 11) is 0. The van der Waals surface area contributed by atoms with Crippen molar-refractivity contribution in [3.63, 3.8) is 0 Å². The van der Waals surface area contributed by atoms with Gasteiger partial charge >= 0.3 is 5.97 Å². The van der Waals surface area contributed by atoms with Crippen molar-refractivity contribution in [2.24, 2.45) is 5.92 Å². The lowest BCUT2D eigenvalue weighted by Gasteiger charge is -2.29. The maximum atomic E-state index is 12.4. The molecule has 2 heterocycles. The van der Waals surface area contributed by atoms with Crippen LogP contribution < -0.4 is 10.1 Å². The van der Waals surface area contributed by atoms with E-state index in [-0.39, 0.29) is 11.8 Å². The molecule has 0 bridgehead atoms. The number of hydrogen-bond acceptors (Lipinski definition) is 4. The Balaban J connectivity index is 1.71. The molecule has 2 aliphatic rings. The molecule has 5 nitrogen and oxygen atoms in total. The van der Waals surface area contributed by atoms with Gasteiger partial charge in [0.15, 0.2) is 0 Å². The third-order valence-corrected chi connectivity index (χ3v) is 5.23. The van der Waals surface area contributed by atoms with Gasteiger partial charge in [-0.25, -0.2) is 4.79 Å². The second kappa shape index (κ2) is 5.60. The van der Waals surface area contributed by atoms with Gasteiger partial charge in [-0.15, -0.1) is 0 Å². The zero-order valence-electron chi connectivity index (χ0n) is 11.5. The van der Waals surface area contributed by atoms with Crippen molar-refractivity contribution in [2.45, 2.75) is 18.4 Å². The highest BCUT2D eigenvalue weighted by molar-refractivity contribution is 7.99. The Morgan fingerprint density at radius 2 is 2.19 bits per heavy atom. The lowest BCUT2D eigenvalue weighted by atomic mass is 9.93. The van der Waals surface area contributed by atoms with Crippen molar-refractivity contribution in [1.29, 1.82) is 0 Å². The number of carbonyl (C=O) groups is 2. The van der Waals surface area contributed by atoms with E-state index in [1.165, 1.54) is 0 Å². The van der Waals surface area contributed by atoms with Crippen LogP contribution in [0.5, 0.6) is 5.75 Å². The van der Waals surface area contributed by atoms with Gasteiger partial charge in [-0.1, -0.05) is 18.2 Å². The van der Waals surface area contributed by atoms with Crippen LogP contribution in [0.2, 0.25) is 0 Å². The third kappa shape index (κ3) is 2.72. The number of carbonyl (C=O) groups excluding carboxylic acids is 1. The standard InChI is InChI=1S/C15H17NO4S/c17-13(16-15(14(18)19)5-6-21-9-15)11-7-10-3-1-2-4-12(10)20-8-11/h1-4,11H,5-9H2,(H,16,17)(H,18,19)/t11-,15+/m0/s1. The number of carboxylic acids is 1. The van der Waals surface area contributed by atoms with Crippen molar-refractivity contribution in [1.82, 2.24) is 5.32 Å². The number of hydrogen-bond donors (Lipinski definition) is 2. The molecule has 6 heteroatoms. The molecule has 112 valence electrons. The highest BCUT2D eigenvalue weighted by Crippen LogP contribution is 2.30. The maximum Gasteiger partial charge on any atom is 0.330 e. The topological polar surface area (TPSA) is 75.6 Å². The van der Waals surface area contributed by atoms with Crippen molar-refractivity contribution >= 4 is 23.6 Å². The minimum absolute atomic E-state index is 0.227. The second-order valence-corrected chi connectivity index (χ2v) is 6.60. The van der Waals surface area contributed by atoms with Crippen molar-refractivity contribution in [3.05, 3.63) is 29.8 Å². The molecular weight excluding hydrogens is 290 g/mol. The Hall–Kier alpha value is -1.69. The summed E-state index contributed by atoms with van der Waals surface area (Å²) in [6.07, 6.45) is 1.06. The second-order valence-electron chi connectivity index (χ2n) is 5.50. The number of fused-ring (bicyclic) bond motifs is 1. The Bertz CT molecular complexity index is 569. The van der Waals surface area contributed by atoms with Gasteiger partial charge in [-0.2, -0.15) is 11.8 Å².